The summed E-state index contributed by atoms with van der Waals surface area (Å²) in [6, 6.07) is 10.9. The van der Waals surface area contributed by atoms with Gasteiger partial charge in [0.15, 0.2) is 9.84 Å². The maximum atomic E-state index is 12.2. The number of sulfone groups is 1. The van der Waals surface area contributed by atoms with Crippen molar-refractivity contribution in [3.05, 3.63) is 59.2 Å². The number of hydrogen-bond donors (Lipinski definition) is 2. The van der Waals surface area contributed by atoms with Crippen LogP contribution < -0.4 is 5.32 Å². The minimum Gasteiger partial charge on any atom is -0.478 e. The van der Waals surface area contributed by atoms with Crippen molar-refractivity contribution < 1.29 is 23.1 Å². The van der Waals surface area contributed by atoms with Gasteiger partial charge in [-0.3, -0.25) is 4.79 Å². The third-order valence-corrected chi connectivity index (χ3v) is 6.09. The molecule has 7 heteroatoms. The van der Waals surface area contributed by atoms with E-state index < -0.39 is 21.1 Å². The molecule has 2 aromatic rings. The molecule has 0 radical (unpaired) electrons. The molecule has 0 aliphatic rings. The molecule has 2 rings (SSSR count). The zero-order valence-corrected chi connectivity index (χ0v) is 15.6. The van der Waals surface area contributed by atoms with Gasteiger partial charge < -0.3 is 10.4 Å². The summed E-state index contributed by atoms with van der Waals surface area (Å²) in [6.07, 6.45) is 0.00887. The van der Waals surface area contributed by atoms with Crippen molar-refractivity contribution in [3.63, 3.8) is 0 Å². The van der Waals surface area contributed by atoms with E-state index in [2.05, 4.69) is 5.32 Å². The van der Waals surface area contributed by atoms with Gasteiger partial charge in [-0.15, -0.1) is 0 Å². The summed E-state index contributed by atoms with van der Waals surface area (Å²) in [7, 11) is -3.36. The van der Waals surface area contributed by atoms with E-state index in [0.717, 1.165) is 5.56 Å². The van der Waals surface area contributed by atoms with Crippen LogP contribution in [0.3, 0.4) is 0 Å². The summed E-state index contributed by atoms with van der Waals surface area (Å²) in [4.78, 5) is 23.7. The number of nitrogens with one attached hydrogen (secondary N) is 1. The zero-order valence-electron chi connectivity index (χ0n) is 14.8. The number of carboxylic acids is 1. The van der Waals surface area contributed by atoms with Crippen molar-refractivity contribution in [2.24, 2.45) is 0 Å². The first-order valence-electron chi connectivity index (χ1n) is 8.08. The molecule has 0 unspecified atom stereocenters. The molecule has 0 aromatic heterocycles. The molecule has 138 valence electrons. The number of hydrogen-bond acceptors (Lipinski definition) is 4. The highest BCUT2D eigenvalue weighted by Gasteiger charge is 2.19. The van der Waals surface area contributed by atoms with Gasteiger partial charge in [0.05, 0.1) is 27.8 Å². The first kappa shape index (κ1) is 19.7. The Morgan fingerprint density at radius 3 is 2.23 bits per heavy atom. The molecule has 0 aliphatic heterocycles. The Bertz CT molecular complexity index is 931. The second-order valence-corrected chi connectivity index (χ2v) is 8.82. The number of carbonyl (C=O) groups excluding carboxylic acids is 1. The SMILES string of the molecule is Cc1ccc(NC(=O)Cc2ccc(S(=O)(=O)C(C)C)cc2)c(C(=O)O)c1. The number of carboxylic acid groups (broad SMARTS) is 1. The van der Waals surface area contributed by atoms with Gasteiger partial charge in [-0.2, -0.15) is 0 Å². The Morgan fingerprint density at radius 1 is 1.08 bits per heavy atom. The Kier molecular flexibility index (Phi) is 5.82. The van der Waals surface area contributed by atoms with Crippen LogP contribution in [-0.2, 0) is 21.1 Å². The second kappa shape index (κ2) is 7.70. The second-order valence-electron chi connectivity index (χ2n) is 6.32. The lowest BCUT2D eigenvalue weighted by molar-refractivity contribution is -0.115. The Balaban J connectivity index is 2.13. The third-order valence-electron chi connectivity index (χ3n) is 3.92. The summed E-state index contributed by atoms with van der Waals surface area (Å²) in [5, 5.41) is 11.3. The molecule has 2 aromatic carbocycles. The molecular weight excluding hydrogens is 354 g/mol. The summed E-state index contributed by atoms with van der Waals surface area (Å²) in [5.74, 6) is -1.50. The zero-order chi connectivity index (χ0) is 19.5. The molecule has 26 heavy (non-hydrogen) atoms. The fourth-order valence-corrected chi connectivity index (χ4v) is 3.45. The predicted molar refractivity (Wildman–Crippen MR) is 99.2 cm³/mol. The molecule has 1 amide bonds. The van der Waals surface area contributed by atoms with Crippen molar-refractivity contribution in [1.29, 1.82) is 0 Å². The van der Waals surface area contributed by atoms with Gasteiger partial charge in [-0.1, -0.05) is 23.8 Å². The molecule has 0 atom stereocenters. The molecule has 2 N–H and O–H groups in total. The standard InChI is InChI=1S/C19H21NO5S/c1-12(2)26(24,25)15-7-5-14(6-8-15)11-18(21)20-17-9-4-13(3)10-16(17)19(22)23/h4-10,12H,11H2,1-3H3,(H,20,21)(H,22,23). The van der Waals surface area contributed by atoms with Crippen LogP contribution >= 0.6 is 0 Å². The van der Waals surface area contributed by atoms with E-state index in [4.69, 9.17) is 0 Å². The quantitative estimate of drug-likeness (QED) is 0.808. The number of aromatic carboxylic acids is 1. The molecule has 0 saturated heterocycles. The number of benzene rings is 2. The van der Waals surface area contributed by atoms with Crippen LogP contribution in [0.25, 0.3) is 0 Å². The van der Waals surface area contributed by atoms with Gasteiger partial charge in [0.2, 0.25) is 5.91 Å². The largest absolute Gasteiger partial charge is 0.478 e. The van der Waals surface area contributed by atoms with E-state index in [0.29, 0.717) is 5.56 Å². The predicted octanol–water partition coefficient (Wildman–Crippen LogP) is 3.06. The van der Waals surface area contributed by atoms with Crippen molar-refractivity contribution in [2.45, 2.75) is 37.3 Å². The number of aryl methyl sites for hydroxylation is 1. The molecule has 0 saturated carbocycles. The van der Waals surface area contributed by atoms with Gasteiger partial charge >= 0.3 is 5.97 Å². The normalized spacial score (nSPS) is 11.4. The average Bonchev–Trinajstić information content (AvgIpc) is 2.56. The highest BCUT2D eigenvalue weighted by Crippen LogP contribution is 2.19. The van der Waals surface area contributed by atoms with Crippen LogP contribution in [0.1, 0.15) is 35.3 Å². The number of carbonyl (C=O) groups is 2. The molecular formula is C19H21NO5S. The van der Waals surface area contributed by atoms with Crippen molar-refractivity contribution in [2.75, 3.05) is 5.32 Å². The topological polar surface area (TPSA) is 101 Å². The molecule has 0 heterocycles. The summed E-state index contributed by atoms with van der Waals surface area (Å²) in [6.45, 7) is 4.99. The van der Waals surface area contributed by atoms with Crippen LogP contribution in [0.2, 0.25) is 0 Å². The van der Waals surface area contributed by atoms with E-state index in [1.54, 1.807) is 45.0 Å². The molecule has 6 nitrogen and oxygen atoms in total. The molecule has 0 spiro atoms. The van der Waals surface area contributed by atoms with Crippen molar-refractivity contribution in [3.8, 4) is 0 Å². The first-order valence-corrected chi connectivity index (χ1v) is 9.62. The molecule has 0 aliphatic carbocycles. The molecule has 0 fully saturated rings. The Labute approximate surface area is 152 Å². The van der Waals surface area contributed by atoms with E-state index in [9.17, 15) is 23.1 Å². The number of rotatable bonds is 6. The third kappa shape index (κ3) is 4.49. The van der Waals surface area contributed by atoms with Gasteiger partial charge in [0, 0.05) is 0 Å². The smallest absolute Gasteiger partial charge is 0.337 e. The van der Waals surface area contributed by atoms with Crippen molar-refractivity contribution in [1.82, 2.24) is 0 Å². The van der Waals surface area contributed by atoms with Crippen LogP contribution in [0, 0.1) is 6.92 Å². The highest BCUT2D eigenvalue weighted by atomic mass is 32.2. The molecule has 0 bridgehead atoms. The maximum absolute atomic E-state index is 12.2. The van der Waals surface area contributed by atoms with Gasteiger partial charge in [-0.05, 0) is 50.6 Å². The summed E-state index contributed by atoms with van der Waals surface area (Å²) in [5.41, 5.74) is 1.67. The van der Waals surface area contributed by atoms with Gasteiger partial charge in [-0.25, -0.2) is 13.2 Å². The van der Waals surface area contributed by atoms with E-state index >= 15 is 0 Å². The van der Waals surface area contributed by atoms with Crippen LogP contribution in [-0.4, -0.2) is 30.7 Å². The minimum atomic E-state index is -3.36. The monoisotopic (exact) mass is 375 g/mol. The number of anilines is 1. The maximum Gasteiger partial charge on any atom is 0.337 e. The fourth-order valence-electron chi connectivity index (χ4n) is 2.39. The lowest BCUT2D eigenvalue weighted by Crippen LogP contribution is -2.17. The summed E-state index contributed by atoms with van der Waals surface area (Å²) >= 11 is 0. The van der Waals surface area contributed by atoms with Gasteiger partial charge in [0.25, 0.3) is 0 Å². The summed E-state index contributed by atoms with van der Waals surface area (Å²) < 4.78 is 24.2. The van der Waals surface area contributed by atoms with E-state index in [-0.39, 0.29) is 28.5 Å². The number of amides is 1. The first-order chi connectivity index (χ1) is 12.1. The van der Waals surface area contributed by atoms with E-state index in [1.165, 1.54) is 18.2 Å². The van der Waals surface area contributed by atoms with Crippen LogP contribution in [0.5, 0.6) is 0 Å². The van der Waals surface area contributed by atoms with Gasteiger partial charge in [0.1, 0.15) is 0 Å². The average molecular weight is 375 g/mol. The Morgan fingerprint density at radius 2 is 1.69 bits per heavy atom. The lowest BCUT2D eigenvalue weighted by atomic mass is 10.1. The minimum absolute atomic E-state index is 0.00887. The van der Waals surface area contributed by atoms with E-state index in [1.807, 2.05) is 0 Å². The van der Waals surface area contributed by atoms with Crippen LogP contribution in [0.15, 0.2) is 47.4 Å². The van der Waals surface area contributed by atoms with Crippen LogP contribution in [0.4, 0.5) is 5.69 Å². The highest BCUT2D eigenvalue weighted by molar-refractivity contribution is 7.92. The fraction of sp³-hybridized carbons (Fsp3) is 0.263. The lowest BCUT2D eigenvalue weighted by Gasteiger charge is -2.10. The Hall–Kier alpha value is -2.67. The van der Waals surface area contributed by atoms with Crippen molar-refractivity contribution >= 4 is 27.4 Å².